The fourth-order valence-electron chi connectivity index (χ4n) is 4.37. The molecule has 1 atom stereocenters. The number of hydrogen-bond acceptors (Lipinski definition) is 4. The molecule has 5 rings (SSSR count). The maximum Gasteiger partial charge on any atom is 0.253 e. The van der Waals surface area contributed by atoms with Crippen LogP contribution in [-0.4, -0.2) is 46.2 Å². The normalized spacial score (nSPS) is 19.4. The number of hydrazone groups is 1. The van der Waals surface area contributed by atoms with Gasteiger partial charge in [-0.1, -0.05) is 0 Å². The molecule has 1 amide bonds. The van der Waals surface area contributed by atoms with Crippen LogP contribution >= 0.6 is 0 Å². The van der Waals surface area contributed by atoms with Gasteiger partial charge in [0.1, 0.15) is 11.5 Å². The first-order valence-electron chi connectivity index (χ1n) is 10.4. The van der Waals surface area contributed by atoms with Gasteiger partial charge in [0.25, 0.3) is 5.91 Å². The van der Waals surface area contributed by atoms with Crippen LogP contribution in [-0.2, 0) is 6.54 Å². The van der Waals surface area contributed by atoms with Gasteiger partial charge in [0.2, 0.25) is 0 Å². The van der Waals surface area contributed by atoms with E-state index in [9.17, 15) is 9.18 Å². The van der Waals surface area contributed by atoms with Crippen molar-refractivity contribution in [2.24, 2.45) is 11.0 Å². The number of benzene rings is 1. The fraction of sp³-hybridized carbons (Fsp3) is 0.348. The average Bonchev–Trinajstić information content (AvgIpc) is 3.45. The molecule has 3 aromatic rings. The number of aromatic nitrogens is 2. The summed E-state index contributed by atoms with van der Waals surface area (Å²) in [5.74, 6) is 0.454. The minimum atomic E-state index is -0.321. The molecule has 1 fully saturated rings. The summed E-state index contributed by atoms with van der Waals surface area (Å²) < 4.78 is 15.3. The molecule has 1 unspecified atom stereocenters. The number of carbonyl (C=O) groups is 1. The van der Waals surface area contributed by atoms with E-state index in [1.165, 1.54) is 17.7 Å². The number of hydrogen-bond donors (Lipinski definition) is 1. The first kappa shape index (κ1) is 18.8. The number of piperidine rings is 1. The van der Waals surface area contributed by atoms with Crippen LogP contribution in [0, 0.1) is 11.7 Å². The number of pyridine rings is 1. The molecular weight excluding hydrogens is 381 g/mol. The van der Waals surface area contributed by atoms with Crippen LogP contribution in [0.2, 0.25) is 0 Å². The average molecular weight is 405 g/mol. The molecule has 0 bridgehead atoms. The van der Waals surface area contributed by atoms with Crippen LogP contribution in [0.5, 0.6) is 0 Å². The van der Waals surface area contributed by atoms with E-state index in [0.29, 0.717) is 11.5 Å². The Kier molecular flexibility index (Phi) is 4.94. The highest BCUT2D eigenvalue weighted by Gasteiger charge is 2.24. The number of nitrogens with zero attached hydrogens (tertiary/aromatic N) is 4. The van der Waals surface area contributed by atoms with Gasteiger partial charge in [-0.3, -0.25) is 4.79 Å². The third-order valence-electron chi connectivity index (χ3n) is 6.16. The van der Waals surface area contributed by atoms with E-state index in [4.69, 9.17) is 4.98 Å². The van der Waals surface area contributed by atoms with Crippen molar-refractivity contribution in [3.8, 4) is 0 Å². The molecule has 1 N–H and O–H groups in total. The maximum atomic E-state index is 13.1. The van der Waals surface area contributed by atoms with E-state index >= 15 is 0 Å². The number of nitrogens with one attached hydrogen (secondary N) is 1. The van der Waals surface area contributed by atoms with E-state index in [1.54, 1.807) is 12.1 Å². The minimum Gasteiger partial charge on any atom is -0.339 e. The molecule has 30 heavy (non-hydrogen) atoms. The van der Waals surface area contributed by atoms with Crippen molar-refractivity contribution in [3.63, 3.8) is 0 Å². The topological polar surface area (TPSA) is 62.5 Å². The SMILES string of the molecule is O=C(c1ccc(F)cc1)N1CCC(Cn2ccc3cc(C4C=NNC4)cnc32)CC1. The fourth-order valence-corrected chi connectivity index (χ4v) is 4.37. The van der Waals surface area contributed by atoms with Crippen LogP contribution in [0.3, 0.4) is 0 Å². The zero-order chi connectivity index (χ0) is 20.5. The van der Waals surface area contributed by atoms with Gasteiger partial charge < -0.3 is 14.9 Å². The van der Waals surface area contributed by atoms with Crippen LogP contribution in [0.4, 0.5) is 4.39 Å². The number of amides is 1. The van der Waals surface area contributed by atoms with Gasteiger partial charge in [-0.2, -0.15) is 5.10 Å². The van der Waals surface area contributed by atoms with Crippen molar-refractivity contribution in [2.75, 3.05) is 19.6 Å². The third kappa shape index (κ3) is 3.67. The Morgan fingerprint density at radius 3 is 2.70 bits per heavy atom. The number of halogens is 1. The van der Waals surface area contributed by atoms with E-state index in [1.807, 2.05) is 17.3 Å². The van der Waals surface area contributed by atoms with Gasteiger partial charge in [0, 0.05) is 61.7 Å². The predicted molar refractivity (Wildman–Crippen MR) is 114 cm³/mol. The lowest BCUT2D eigenvalue weighted by atomic mass is 9.96. The molecule has 1 aromatic carbocycles. The Morgan fingerprint density at radius 1 is 1.17 bits per heavy atom. The number of fused-ring (bicyclic) bond motifs is 1. The van der Waals surface area contributed by atoms with Crippen molar-refractivity contribution >= 4 is 23.2 Å². The second kappa shape index (κ2) is 7.89. The molecule has 0 saturated carbocycles. The van der Waals surface area contributed by atoms with Crippen LogP contribution < -0.4 is 5.43 Å². The van der Waals surface area contributed by atoms with Crippen molar-refractivity contribution in [1.29, 1.82) is 0 Å². The van der Waals surface area contributed by atoms with Gasteiger partial charge >= 0.3 is 0 Å². The Hall–Kier alpha value is -3.22. The van der Waals surface area contributed by atoms with Gasteiger partial charge in [-0.15, -0.1) is 0 Å². The summed E-state index contributed by atoms with van der Waals surface area (Å²) in [4.78, 5) is 19.2. The molecule has 1 saturated heterocycles. The quantitative estimate of drug-likeness (QED) is 0.724. The van der Waals surface area contributed by atoms with Crippen LogP contribution in [0.1, 0.15) is 34.7 Å². The highest BCUT2D eigenvalue weighted by molar-refractivity contribution is 5.94. The van der Waals surface area contributed by atoms with Gasteiger partial charge in [0.05, 0.1) is 0 Å². The highest BCUT2D eigenvalue weighted by Crippen LogP contribution is 2.25. The summed E-state index contributed by atoms with van der Waals surface area (Å²) in [5.41, 5.74) is 5.73. The summed E-state index contributed by atoms with van der Waals surface area (Å²) in [5, 5.41) is 5.24. The lowest BCUT2D eigenvalue weighted by Crippen LogP contribution is -2.39. The molecule has 4 heterocycles. The van der Waals surface area contributed by atoms with Crippen molar-refractivity contribution in [3.05, 3.63) is 65.7 Å². The standard InChI is InChI=1S/C23H24FN5O/c24-21-3-1-17(2-4-21)23(30)28-8-5-16(6-9-28)15-29-10-7-18-11-19(12-25-22(18)29)20-13-26-27-14-20/h1-4,7,10-13,16,20,27H,5-6,8-9,14-15H2. The monoisotopic (exact) mass is 405 g/mol. The van der Waals surface area contributed by atoms with Crippen molar-refractivity contribution in [2.45, 2.75) is 25.3 Å². The van der Waals surface area contributed by atoms with E-state index < -0.39 is 0 Å². The Morgan fingerprint density at radius 2 is 1.97 bits per heavy atom. The third-order valence-corrected chi connectivity index (χ3v) is 6.16. The molecule has 6 nitrogen and oxygen atoms in total. The van der Waals surface area contributed by atoms with Crippen LogP contribution in [0.15, 0.2) is 53.9 Å². The summed E-state index contributed by atoms with van der Waals surface area (Å²) in [6.07, 6.45) is 7.90. The Balaban J connectivity index is 1.22. The summed E-state index contributed by atoms with van der Waals surface area (Å²) in [6, 6.07) is 10.1. The molecule has 0 radical (unpaired) electrons. The zero-order valence-corrected chi connectivity index (χ0v) is 16.7. The molecule has 0 spiro atoms. The first-order chi connectivity index (χ1) is 14.7. The number of rotatable bonds is 4. The lowest BCUT2D eigenvalue weighted by molar-refractivity contribution is 0.0683. The molecule has 2 aromatic heterocycles. The second-order valence-electron chi connectivity index (χ2n) is 8.14. The Bertz CT molecular complexity index is 1080. The van der Waals surface area contributed by atoms with E-state index in [-0.39, 0.29) is 17.6 Å². The molecular formula is C23H24FN5O. The molecule has 0 aliphatic carbocycles. The van der Waals surface area contributed by atoms with E-state index in [0.717, 1.165) is 50.1 Å². The molecule has 7 heteroatoms. The second-order valence-corrected chi connectivity index (χ2v) is 8.14. The first-order valence-corrected chi connectivity index (χ1v) is 10.4. The van der Waals surface area contributed by atoms with Gasteiger partial charge in [0.15, 0.2) is 0 Å². The largest absolute Gasteiger partial charge is 0.339 e. The highest BCUT2D eigenvalue weighted by atomic mass is 19.1. The zero-order valence-electron chi connectivity index (χ0n) is 16.7. The van der Waals surface area contributed by atoms with Crippen molar-refractivity contribution in [1.82, 2.24) is 19.9 Å². The summed E-state index contributed by atoms with van der Waals surface area (Å²) in [7, 11) is 0. The van der Waals surface area contributed by atoms with Gasteiger partial charge in [-0.25, -0.2) is 9.37 Å². The van der Waals surface area contributed by atoms with Gasteiger partial charge in [-0.05, 0) is 60.7 Å². The van der Waals surface area contributed by atoms with Crippen LogP contribution in [0.25, 0.3) is 11.0 Å². The number of carbonyl (C=O) groups excluding carboxylic acids is 1. The lowest BCUT2D eigenvalue weighted by Gasteiger charge is -2.32. The summed E-state index contributed by atoms with van der Waals surface area (Å²) in [6.45, 7) is 3.18. The van der Waals surface area contributed by atoms with Crippen molar-refractivity contribution < 1.29 is 9.18 Å². The Labute approximate surface area is 174 Å². The number of likely N-dealkylation sites (tertiary alicyclic amines) is 1. The minimum absolute atomic E-state index is 0.0148. The van der Waals surface area contributed by atoms with E-state index in [2.05, 4.69) is 33.4 Å². The maximum absolute atomic E-state index is 13.1. The molecule has 2 aliphatic heterocycles. The summed E-state index contributed by atoms with van der Waals surface area (Å²) >= 11 is 0. The molecule has 154 valence electrons. The predicted octanol–water partition coefficient (Wildman–Crippen LogP) is 3.40. The smallest absolute Gasteiger partial charge is 0.253 e. The molecule has 2 aliphatic rings.